The Balaban J connectivity index is 2.41. The Hall–Kier alpha value is -1.68. The number of hydrogen-bond acceptors (Lipinski definition) is 4. The van der Waals surface area contributed by atoms with Crippen molar-refractivity contribution in [1.29, 1.82) is 0 Å². The number of hydrogen-bond donors (Lipinski definition) is 0. The summed E-state index contributed by atoms with van der Waals surface area (Å²) in [6.45, 7) is 6.33. The van der Waals surface area contributed by atoms with Crippen LogP contribution in [0, 0.1) is 6.92 Å². The fourth-order valence-corrected chi connectivity index (χ4v) is 2.71. The summed E-state index contributed by atoms with van der Waals surface area (Å²) in [5.41, 5.74) is 5.43. The highest BCUT2D eigenvalue weighted by Crippen LogP contribution is 2.22. The second kappa shape index (κ2) is 8.08. The summed E-state index contributed by atoms with van der Waals surface area (Å²) in [4.78, 5) is 13.7. The van der Waals surface area contributed by atoms with Crippen LogP contribution < -0.4 is 0 Å². The smallest absolute Gasteiger partial charge is 0.0963 e. The van der Waals surface area contributed by atoms with E-state index in [1.165, 1.54) is 5.56 Å². The summed E-state index contributed by atoms with van der Waals surface area (Å²) < 4.78 is 0. The average Bonchev–Trinajstić information content (AvgIpc) is 2.55. The van der Waals surface area contributed by atoms with Gasteiger partial charge in [-0.15, -0.1) is 11.8 Å². The Morgan fingerprint density at radius 3 is 2.73 bits per heavy atom. The lowest BCUT2D eigenvalue weighted by atomic mass is 10.1. The first-order valence-corrected chi connectivity index (χ1v) is 8.93. The minimum Gasteiger partial charge on any atom is -0.259 e. The number of pyridine rings is 2. The van der Waals surface area contributed by atoms with Crippen LogP contribution in [0.4, 0.5) is 5.69 Å². The SMILES string of the molecule is CCCc1cnc(C)c(N=C(CC)c2ccnc(SC)c2)c1. The number of aliphatic imine (C=N–C) groups is 1. The molecule has 0 N–H and O–H groups in total. The van der Waals surface area contributed by atoms with Gasteiger partial charge in [0.15, 0.2) is 0 Å². The van der Waals surface area contributed by atoms with Crippen LogP contribution in [0.25, 0.3) is 0 Å². The molecule has 0 fully saturated rings. The molecule has 2 aromatic heterocycles. The van der Waals surface area contributed by atoms with Crippen molar-refractivity contribution in [2.24, 2.45) is 4.99 Å². The molecule has 2 rings (SSSR count). The Labute approximate surface area is 137 Å². The van der Waals surface area contributed by atoms with Crippen LogP contribution in [-0.2, 0) is 6.42 Å². The van der Waals surface area contributed by atoms with Crippen molar-refractivity contribution < 1.29 is 0 Å². The molecule has 0 bridgehead atoms. The molecule has 2 aromatic rings. The van der Waals surface area contributed by atoms with Crippen LogP contribution in [0.15, 0.2) is 40.6 Å². The number of rotatable bonds is 6. The lowest BCUT2D eigenvalue weighted by molar-refractivity contribution is 0.910. The first kappa shape index (κ1) is 16.7. The molecule has 2 heterocycles. The molecule has 0 radical (unpaired) electrons. The van der Waals surface area contributed by atoms with Crippen molar-refractivity contribution in [3.63, 3.8) is 0 Å². The zero-order valence-corrected chi connectivity index (χ0v) is 14.6. The van der Waals surface area contributed by atoms with Gasteiger partial charge in [-0.2, -0.15) is 0 Å². The van der Waals surface area contributed by atoms with Crippen molar-refractivity contribution >= 4 is 23.2 Å². The summed E-state index contributed by atoms with van der Waals surface area (Å²) in [6.07, 6.45) is 8.90. The molecule has 22 heavy (non-hydrogen) atoms. The maximum absolute atomic E-state index is 4.88. The van der Waals surface area contributed by atoms with Gasteiger partial charge in [-0.1, -0.05) is 20.3 Å². The van der Waals surface area contributed by atoms with Gasteiger partial charge < -0.3 is 0 Å². The average molecular weight is 313 g/mol. The Kier molecular flexibility index (Phi) is 6.13. The molecule has 0 aliphatic heterocycles. The zero-order valence-electron chi connectivity index (χ0n) is 13.8. The maximum Gasteiger partial charge on any atom is 0.0963 e. The van der Waals surface area contributed by atoms with Crippen molar-refractivity contribution in [1.82, 2.24) is 9.97 Å². The minimum atomic E-state index is 0.884. The molecule has 0 saturated carbocycles. The van der Waals surface area contributed by atoms with Crippen LogP contribution >= 0.6 is 11.8 Å². The molecular weight excluding hydrogens is 290 g/mol. The normalized spacial score (nSPS) is 11.7. The van der Waals surface area contributed by atoms with Crippen LogP contribution in [0.1, 0.15) is 43.5 Å². The van der Waals surface area contributed by atoms with Crippen molar-refractivity contribution in [2.75, 3.05) is 6.26 Å². The number of thioether (sulfide) groups is 1. The molecule has 0 spiro atoms. The van der Waals surface area contributed by atoms with E-state index in [1.807, 2.05) is 31.6 Å². The molecule has 0 atom stereocenters. The third kappa shape index (κ3) is 4.17. The van der Waals surface area contributed by atoms with Gasteiger partial charge in [0.2, 0.25) is 0 Å². The summed E-state index contributed by atoms with van der Waals surface area (Å²) in [5.74, 6) is 0. The molecule has 0 unspecified atom stereocenters. The fourth-order valence-electron chi connectivity index (χ4n) is 2.30. The van der Waals surface area contributed by atoms with E-state index in [2.05, 4.69) is 35.9 Å². The van der Waals surface area contributed by atoms with E-state index in [-0.39, 0.29) is 0 Å². The maximum atomic E-state index is 4.88. The molecule has 0 aromatic carbocycles. The third-order valence-electron chi connectivity index (χ3n) is 3.52. The van der Waals surface area contributed by atoms with E-state index < -0.39 is 0 Å². The van der Waals surface area contributed by atoms with Gasteiger partial charge in [-0.25, -0.2) is 4.98 Å². The Morgan fingerprint density at radius 1 is 1.23 bits per heavy atom. The summed E-state index contributed by atoms with van der Waals surface area (Å²) in [7, 11) is 0. The Bertz CT molecular complexity index is 665. The Morgan fingerprint density at radius 2 is 2.05 bits per heavy atom. The molecule has 116 valence electrons. The van der Waals surface area contributed by atoms with Crippen LogP contribution in [0.5, 0.6) is 0 Å². The number of aryl methyl sites for hydroxylation is 2. The highest BCUT2D eigenvalue weighted by molar-refractivity contribution is 7.98. The lowest BCUT2D eigenvalue weighted by Gasteiger charge is -2.08. The van der Waals surface area contributed by atoms with E-state index in [1.54, 1.807) is 11.8 Å². The van der Waals surface area contributed by atoms with E-state index in [9.17, 15) is 0 Å². The first-order chi connectivity index (χ1) is 10.7. The molecule has 0 saturated heterocycles. The first-order valence-electron chi connectivity index (χ1n) is 7.71. The number of aromatic nitrogens is 2. The molecule has 4 heteroatoms. The van der Waals surface area contributed by atoms with Gasteiger partial charge in [0.05, 0.1) is 16.4 Å². The monoisotopic (exact) mass is 313 g/mol. The summed E-state index contributed by atoms with van der Waals surface area (Å²) >= 11 is 1.65. The minimum absolute atomic E-state index is 0.884. The van der Waals surface area contributed by atoms with Crippen molar-refractivity contribution in [3.8, 4) is 0 Å². The molecule has 0 aliphatic rings. The van der Waals surface area contributed by atoms with Gasteiger partial charge in [-0.05, 0) is 49.8 Å². The largest absolute Gasteiger partial charge is 0.259 e. The summed E-state index contributed by atoms with van der Waals surface area (Å²) in [5, 5.41) is 1.02. The van der Waals surface area contributed by atoms with E-state index >= 15 is 0 Å². The molecule has 0 amide bonds. The quantitative estimate of drug-likeness (QED) is 0.557. The predicted molar refractivity (Wildman–Crippen MR) is 95.5 cm³/mol. The van der Waals surface area contributed by atoms with Gasteiger partial charge in [0.1, 0.15) is 0 Å². The van der Waals surface area contributed by atoms with E-state index in [0.717, 1.165) is 46.9 Å². The zero-order chi connectivity index (χ0) is 15.9. The lowest BCUT2D eigenvalue weighted by Crippen LogP contribution is -2.00. The molecule has 3 nitrogen and oxygen atoms in total. The van der Waals surface area contributed by atoms with Gasteiger partial charge in [-0.3, -0.25) is 9.98 Å². The van der Waals surface area contributed by atoms with E-state index in [0.29, 0.717) is 0 Å². The van der Waals surface area contributed by atoms with Crippen LogP contribution in [0.2, 0.25) is 0 Å². The van der Waals surface area contributed by atoms with Crippen LogP contribution in [-0.4, -0.2) is 21.9 Å². The van der Waals surface area contributed by atoms with Gasteiger partial charge >= 0.3 is 0 Å². The highest BCUT2D eigenvalue weighted by atomic mass is 32.2. The van der Waals surface area contributed by atoms with Gasteiger partial charge in [0, 0.05) is 23.7 Å². The fraction of sp³-hybridized carbons (Fsp3) is 0.389. The topological polar surface area (TPSA) is 38.1 Å². The molecular formula is C18H23N3S. The van der Waals surface area contributed by atoms with E-state index in [4.69, 9.17) is 4.99 Å². The van der Waals surface area contributed by atoms with Crippen molar-refractivity contribution in [2.45, 2.75) is 45.1 Å². The van der Waals surface area contributed by atoms with Crippen molar-refractivity contribution in [3.05, 3.63) is 47.4 Å². The second-order valence-corrected chi connectivity index (χ2v) is 6.02. The standard InChI is InChI=1S/C18H23N3S/c1-5-7-14-10-17(13(3)20-12-14)21-16(6-2)15-8-9-19-18(11-15)22-4/h8-12H,5-7H2,1-4H3. The third-order valence-corrected chi connectivity index (χ3v) is 4.16. The second-order valence-electron chi connectivity index (χ2n) is 5.20. The molecule has 0 aliphatic carbocycles. The van der Waals surface area contributed by atoms with Crippen LogP contribution in [0.3, 0.4) is 0 Å². The number of nitrogens with zero attached hydrogens (tertiary/aromatic N) is 3. The highest BCUT2D eigenvalue weighted by Gasteiger charge is 2.06. The predicted octanol–water partition coefficient (Wildman–Crippen LogP) is 4.99. The summed E-state index contributed by atoms with van der Waals surface area (Å²) in [6, 6.07) is 6.30. The van der Waals surface area contributed by atoms with Gasteiger partial charge in [0.25, 0.3) is 0 Å².